The SMILES string of the molecule is CS(=O)(=O)Cc1cccc(-c2nc(C3(N)CCCC3)no2)c1. The Morgan fingerprint density at radius 2 is 2.05 bits per heavy atom. The van der Waals surface area contributed by atoms with Gasteiger partial charge in [-0.3, -0.25) is 0 Å². The zero-order valence-electron chi connectivity index (χ0n) is 12.4. The number of nitrogens with zero attached hydrogens (tertiary/aromatic N) is 2. The third-order valence-corrected chi connectivity index (χ3v) is 4.83. The lowest BCUT2D eigenvalue weighted by molar-refractivity contribution is 0.372. The van der Waals surface area contributed by atoms with Crippen molar-refractivity contribution in [3.63, 3.8) is 0 Å². The largest absolute Gasteiger partial charge is 0.334 e. The van der Waals surface area contributed by atoms with Gasteiger partial charge in [0.2, 0.25) is 0 Å². The molecule has 1 fully saturated rings. The van der Waals surface area contributed by atoms with E-state index >= 15 is 0 Å². The van der Waals surface area contributed by atoms with Crippen LogP contribution in [-0.4, -0.2) is 24.8 Å². The second kappa shape index (κ2) is 5.48. The van der Waals surface area contributed by atoms with E-state index in [2.05, 4.69) is 10.1 Å². The van der Waals surface area contributed by atoms with Gasteiger partial charge < -0.3 is 10.3 Å². The minimum atomic E-state index is -3.08. The van der Waals surface area contributed by atoms with Crippen LogP contribution in [0.25, 0.3) is 11.5 Å². The van der Waals surface area contributed by atoms with Crippen LogP contribution in [-0.2, 0) is 21.1 Å². The Morgan fingerprint density at radius 1 is 1.32 bits per heavy atom. The fourth-order valence-corrected chi connectivity index (χ4v) is 3.65. The fourth-order valence-electron chi connectivity index (χ4n) is 2.87. The zero-order valence-corrected chi connectivity index (χ0v) is 13.3. The van der Waals surface area contributed by atoms with Crippen molar-refractivity contribution in [1.82, 2.24) is 10.1 Å². The third kappa shape index (κ3) is 3.20. The molecule has 1 saturated carbocycles. The van der Waals surface area contributed by atoms with Gasteiger partial charge in [-0.05, 0) is 30.5 Å². The topological polar surface area (TPSA) is 99.1 Å². The average Bonchev–Trinajstić information content (AvgIpc) is 3.06. The Kier molecular flexibility index (Phi) is 3.78. The lowest BCUT2D eigenvalue weighted by Crippen LogP contribution is -2.34. The molecule has 0 atom stereocenters. The fraction of sp³-hybridized carbons (Fsp3) is 0.467. The molecule has 22 heavy (non-hydrogen) atoms. The molecule has 0 unspecified atom stereocenters. The summed E-state index contributed by atoms with van der Waals surface area (Å²) < 4.78 is 28.1. The van der Waals surface area contributed by atoms with Crippen LogP contribution in [0.15, 0.2) is 28.8 Å². The maximum absolute atomic E-state index is 11.4. The molecule has 1 aromatic carbocycles. The first kappa shape index (κ1) is 15.2. The van der Waals surface area contributed by atoms with Crippen LogP contribution >= 0.6 is 0 Å². The number of aromatic nitrogens is 2. The van der Waals surface area contributed by atoms with Gasteiger partial charge >= 0.3 is 0 Å². The maximum atomic E-state index is 11.4. The number of sulfone groups is 1. The molecule has 1 heterocycles. The second-order valence-corrected chi connectivity index (χ2v) is 8.20. The van der Waals surface area contributed by atoms with Gasteiger partial charge in [0.05, 0.1) is 11.3 Å². The van der Waals surface area contributed by atoms with Crippen molar-refractivity contribution in [1.29, 1.82) is 0 Å². The molecule has 2 N–H and O–H groups in total. The Hall–Kier alpha value is -1.73. The van der Waals surface area contributed by atoms with Crippen LogP contribution in [0.5, 0.6) is 0 Å². The van der Waals surface area contributed by atoms with Crippen molar-refractivity contribution >= 4 is 9.84 Å². The first-order chi connectivity index (χ1) is 10.4. The second-order valence-electron chi connectivity index (χ2n) is 6.06. The van der Waals surface area contributed by atoms with Crippen molar-refractivity contribution in [3.05, 3.63) is 35.7 Å². The summed E-state index contributed by atoms with van der Waals surface area (Å²) in [7, 11) is -3.08. The Morgan fingerprint density at radius 3 is 2.73 bits per heavy atom. The highest BCUT2D eigenvalue weighted by Crippen LogP contribution is 2.35. The summed E-state index contributed by atoms with van der Waals surface area (Å²) in [5, 5.41) is 4.02. The van der Waals surface area contributed by atoms with E-state index in [4.69, 9.17) is 10.3 Å². The van der Waals surface area contributed by atoms with Gasteiger partial charge in [0, 0.05) is 11.8 Å². The molecule has 0 aliphatic heterocycles. The minimum Gasteiger partial charge on any atom is -0.334 e. The molecule has 6 nitrogen and oxygen atoms in total. The molecule has 0 spiro atoms. The van der Waals surface area contributed by atoms with E-state index < -0.39 is 15.4 Å². The smallest absolute Gasteiger partial charge is 0.258 e. The standard InChI is InChI=1S/C15H19N3O3S/c1-22(19,20)10-11-5-4-6-12(9-11)13-17-14(18-21-13)15(16)7-2-3-8-15/h4-6,9H,2-3,7-8,10,16H2,1H3. The first-order valence-corrected chi connectivity index (χ1v) is 9.32. The lowest BCUT2D eigenvalue weighted by Gasteiger charge is -2.17. The lowest BCUT2D eigenvalue weighted by atomic mass is 9.98. The quantitative estimate of drug-likeness (QED) is 0.924. The maximum Gasteiger partial charge on any atom is 0.258 e. The predicted molar refractivity (Wildman–Crippen MR) is 82.6 cm³/mol. The summed E-state index contributed by atoms with van der Waals surface area (Å²) >= 11 is 0. The van der Waals surface area contributed by atoms with E-state index in [1.54, 1.807) is 18.2 Å². The number of rotatable bonds is 4. The van der Waals surface area contributed by atoms with Crippen LogP contribution in [0, 0.1) is 0 Å². The van der Waals surface area contributed by atoms with Gasteiger partial charge in [-0.2, -0.15) is 4.98 Å². The van der Waals surface area contributed by atoms with Crippen LogP contribution in [0.3, 0.4) is 0 Å². The molecule has 0 saturated heterocycles. The Labute approximate surface area is 129 Å². The Balaban J connectivity index is 1.89. The molecule has 3 rings (SSSR count). The van der Waals surface area contributed by atoms with E-state index in [9.17, 15) is 8.42 Å². The molecule has 118 valence electrons. The molecule has 7 heteroatoms. The van der Waals surface area contributed by atoms with E-state index in [0.29, 0.717) is 22.8 Å². The van der Waals surface area contributed by atoms with E-state index in [-0.39, 0.29) is 5.75 Å². The van der Waals surface area contributed by atoms with Crippen molar-refractivity contribution < 1.29 is 12.9 Å². The summed E-state index contributed by atoms with van der Waals surface area (Å²) in [6.45, 7) is 0. The Bertz CT molecular complexity index is 777. The molecule has 0 radical (unpaired) electrons. The summed E-state index contributed by atoms with van der Waals surface area (Å²) in [5.74, 6) is 0.901. The molecule has 1 aliphatic rings. The first-order valence-electron chi connectivity index (χ1n) is 7.26. The summed E-state index contributed by atoms with van der Waals surface area (Å²) in [6.07, 6.45) is 5.08. The number of hydrogen-bond donors (Lipinski definition) is 1. The molecular weight excluding hydrogens is 302 g/mol. The highest BCUT2D eigenvalue weighted by molar-refractivity contribution is 7.89. The summed E-state index contributed by atoms with van der Waals surface area (Å²) in [6, 6.07) is 7.13. The number of nitrogens with two attached hydrogens (primary N) is 1. The summed E-state index contributed by atoms with van der Waals surface area (Å²) in [5.41, 5.74) is 7.23. The average molecular weight is 321 g/mol. The third-order valence-electron chi connectivity index (χ3n) is 3.97. The van der Waals surface area contributed by atoms with Crippen molar-refractivity contribution in [2.75, 3.05) is 6.26 Å². The van der Waals surface area contributed by atoms with Gasteiger partial charge in [0.1, 0.15) is 0 Å². The van der Waals surface area contributed by atoms with Crippen molar-refractivity contribution in [2.24, 2.45) is 5.73 Å². The van der Waals surface area contributed by atoms with Gasteiger partial charge in [-0.25, -0.2) is 8.42 Å². The van der Waals surface area contributed by atoms with Crippen molar-refractivity contribution in [2.45, 2.75) is 37.0 Å². The van der Waals surface area contributed by atoms with Gasteiger partial charge in [-0.1, -0.05) is 30.1 Å². The molecule has 1 aliphatic carbocycles. The van der Waals surface area contributed by atoms with Crippen molar-refractivity contribution in [3.8, 4) is 11.5 Å². The van der Waals surface area contributed by atoms with E-state index in [1.165, 1.54) is 6.26 Å². The number of hydrogen-bond acceptors (Lipinski definition) is 6. The van der Waals surface area contributed by atoms with Crippen LogP contribution in [0.2, 0.25) is 0 Å². The molecule has 0 bridgehead atoms. The van der Waals surface area contributed by atoms with Crippen LogP contribution in [0.1, 0.15) is 37.1 Å². The van der Waals surface area contributed by atoms with Gasteiger partial charge in [0.25, 0.3) is 5.89 Å². The highest BCUT2D eigenvalue weighted by Gasteiger charge is 2.36. The molecule has 1 aromatic heterocycles. The zero-order chi connectivity index (χ0) is 15.8. The predicted octanol–water partition coefficient (Wildman–Crippen LogP) is 2.01. The molecule has 0 amide bonds. The summed E-state index contributed by atoms with van der Waals surface area (Å²) in [4.78, 5) is 4.42. The van der Waals surface area contributed by atoms with Crippen LogP contribution in [0.4, 0.5) is 0 Å². The van der Waals surface area contributed by atoms with Gasteiger partial charge in [-0.15, -0.1) is 0 Å². The van der Waals surface area contributed by atoms with E-state index in [0.717, 1.165) is 25.7 Å². The molecule has 2 aromatic rings. The monoisotopic (exact) mass is 321 g/mol. The van der Waals surface area contributed by atoms with Crippen LogP contribution < -0.4 is 5.73 Å². The van der Waals surface area contributed by atoms with E-state index in [1.807, 2.05) is 6.07 Å². The minimum absolute atomic E-state index is 0.0112. The molecular formula is C15H19N3O3S. The number of benzene rings is 1. The normalized spacial score (nSPS) is 17.7. The highest BCUT2D eigenvalue weighted by atomic mass is 32.2. The van der Waals surface area contributed by atoms with Gasteiger partial charge in [0.15, 0.2) is 15.7 Å².